The van der Waals surface area contributed by atoms with Gasteiger partial charge in [-0.1, -0.05) is 29.3 Å². The second kappa shape index (κ2) is 10.0. The van der Waals surface area contributed by atoms with Gasteiger partial charge in [-0.05, 0) is 55.8 Å². The summed E-state index contributed by atoms with van der Waals surface area (Å²) in [6.45, 7) is 4.47. The molecule has 0 bridgehead atoms. The van der Waals surface area contributed by atoms with E-state index in [-0.39, 0.29) is 24.2 Å². The number of aromatic hydroxyl groups is 1. The summed E-state index contributed by atoms with van der Waals surface area (Å²) in [4.78, 5) is 16.4. The SMILES string of the molecule is CCNC(=NCC(=O)Nc1ccc(O)cc1)NC(C)c1ccc(Cl)cc1Cl. The van der Waals surface area contributed by atoms with Crippen LogP contribution in [0.5, 0.6) is 5.75 Å². The Morgan fingerprint density at radius 2 is 1.89 bits per heavy atom. The number of carbonyl (C=O) groups excluding carboxylic acids is 1. The number of nitrogens with one attached hydrogen (secondary N) is 3. The third-order valence-electron chi connectivity index (χ3n) is 3.66. The highest BCUT2D eigenvalue weighted by Crippen LogP contribution is 2.26. The van der Waals surface area contributed by atoms with Crippen molar-refractivity contribution in [3.8, 4) is 5.75 Å². The average Bonchev–Trinajstić information content (AvgIpc) is 2.61. The van der Waals surface area contributed by atoms with E-state index in [1.54, 1.807) is 24.3 Å². The van der Waals surface area contributed by atoms with Crippen LogP contribution < -0.4 is 16.0 Å². The van der Waals surface area contributed by atoms with Crippen molar-refractivity contribution in [2.75, 3.05) is 18.4 Å². The predicted molar refractivity (Wildman–Crippen MR) is 111 cm³/mol. The smallest absolute Gasteiger partial charge is 0.246 e. The molecule has 0 aromatic heterocycles. The van der Waals surface area contributed by atoms with E-state index < -0.39 is 0 Å². The van der Waals surface area contributed by atoms with Crippen LogP contribution in [0, 0.1) is 0 Å². The predicted octanol–water partition coefficient (Wildman–Crippen LogP) is 3.95. The zero-order chi connectivity index (χ0) is 19.8. The van der Waals surface area contributed by atoms with Crippen LogP contribution in [0.1, 0.15) is 25.5 Å². The number of phenolic OH excluding ortho intramolecular Hbond substituents is 1. The van der Waals surface area contributed by atoms with Gasteiger partial charge in [0.05, 0.1) is 6.04 Å². The molecule has 2 rings (SSSR count). The van der Waals surface area contributed by atoms with Crippen LogP contribution in [0.25, 0.3) is 0 Å². The quantitative estimate of drug-likeness (QED) is 0.331. The highest BCUT2D eigenvalue weighted by atomic mass is 35.5. The van der Waals surface area contributed by atoms with Crippen LogP contribution >= 0.6 is 23.2 Å². The fourth-order valence-corrected chi connectivity index (χ4v) is 2.92. The van der Waals surface area contributed by atoms with Crippen molar-refractivity contribution < 1.29 is 9.90 Å². The standard InChI is InChI=1S/C19H22Cl2N4O2/c1-3-22-19(24-12(2)16-9-4-13(20)10-17(16)21)23-11-18(27)25-14-5-7-15(26)8-6-14/h4-10,12,26H,3,11H2,1-2H3,(H,25,27)(H2,22,23,24). The van der Waals surface area contributed by atoms with E-state index in [2.05, 4.69) is 20.9 Å². The molecule has 0 saturated carbocycles. The molecule has 1 amide bonds. The molecule has 0 aliphatic rings. The van der Waals surface area contributed by atoms with Gasteiger partial charge < -0.3 is 21.1 Å². The molecule has 0 saturated heterocycles. The molecular formula is C19H22Cl2N4O2. The normalized spacial score (nSPS) is 12.4. The maximum Gasteiger partial charge on any atom is 0.246 e. The minimum atomic E-state index is -0.268. The first-order chi connectivity index (χ1) is 12.9. The number of hydrogen-bond acceptors (Lipinski definition) is 3. The number of amides is 1. The summed E-state index contributed by atoms with van der Waals surface area (Å²) in [5, 5.41) is 19.4. The van der Waals surface area contributed by atoms with E-state index in [4.69, 9.17) is 23.2 Å². The summed E-state index contributed by atoms with van der Waals surface area (Å²) in [5.74, 6) is 0.367. The molecule has 2 aromatic carbocycles. The zero-order valence-electron chi connectivity index (χ0n) is 15.1. The first-order valence-corrected chi connectivity index (χ1v) is 9.23. The highest BCUT2D eigenvalue weighted by Gasteiger charge is 2.12. The first-order valence-electron chi connectivity index (χ1n) is 8.47. The lowest BCUT2D eigenvalue weighted by atomic mass is 10.1. The molecule has 0 aliphatic heterocycles. The first kappa shape index (κ1) is 20.9. The minimum absolute atomic E-state index is 0.0583. The molecule has 27 heavy (non-hydrogen) atoms. The molecular weight excluding hydrogens is 387 g/mol. The number of guanidine groups is 1. The lowest BCUT2D eigenvalue weighted by Crippen LogP contribution is -2.39. The van der Waals surface area contributed by atoms with Gasteiger partial charge in [0.1, 0.15) is 12.3 Å². The van der Waals surface area contributed by atoms with Gasteiger partial charge in [0, 0.05) is 22.3 Å². The molecule has 0 spiro atoms. The van der Waals surface area contributed by atoms with Crippen LogP contribution in [0.2, 0.25) is 10.0 Å². The number of halogens is 2. The van der Waals surface area contributed by atoms with Crippen LogP contribution in [-0.2, 0) is 4.79 Å². The molecule has 1 unspecified atom stereocenters. The molecule has 2 aromatic rings. The van der Waals surface area contributed by atoms with Crippen molar-refractivity contribution in [3.63, 3.8) is 0 Å². The molecule has 0 heterocycles. The molecule has 6 nitrogen and oxygen atoms in total. The van der Waals surface area contributed by atoms with E-state index in [1.807, 2.05) is 19.9 Å². The largest absolute Gasteiger partial charge is 0.508 e. The van der Waals surface area contributed by atoms with Gasteiger partial charge in [-0.2, -0.15) is 0 Å². The van der Waals surface area contributed by atoms with Crippen LogP contribution in [0.15, 0.2) is 47.5 Å². The fraction of sp³-hybridized carbons (Fsp3) is 0.263. The van der Waals surface area contributed by atoms with Gasteiger partial charge in [0.2, 0.25) is 5.91 Å². The van der Waals surface area contributed by atoms with E-state index in [0.717, 1.165) is 5.56 Å². The average molecular weight is 409 g/mol. The topological polar surface area (TPSA) is 85.8 Å². The van der Waals surface area contributed by atoms with Gasteiger partial charge in [-0.15, -0.1) is 0 Å². The van der Waals surface area contributed by atoms with E-state index in [9.17, 15) is 9.90 Å². The van der Waals surface area contributed by atoms with Crippen molar-refractivity contribution >= 4 is 40.8 Å². The number of nitrogens with zero attached hydrogens (tertiary/aromatic N) is 1. The maximum atomic E-state index is 12.1. The number of hydrogen-bond donors (Lipinski definition) is 4. The Hall–Kier alpha value is -2.44. The summed E-state index contributed by atoms with van der Waals surface area (Å²) in [5.41, 5.74) is 1.47. The van der Waals surface area contributed by atoms with Crippen LogP contribution in [-0.4, -0.2) is 30.1 Å². The number of anilines is 1. The summed E-state index contributed by atoms with van der Waals surface area (Å²) >= 11 is 12.2. The summed E-state index contributed by atoms with van der Waals surface area (Å²) in [7, 11) is 0. The number of aliphatic imine (C=N–C) groups is 1. The number of phenols is 1. The Bertz CT molecular complexity index is 810. The Kier molecular flexibility index (Phi) is 7.76. The van der Waals surface area contributed by atoms with Crippen molar-refractivity contribution in [2.24, 2.45) is 4.99 Å². The van der Waals surface area contributed by atoms with Crippen LogP contribution in [0.3, 0.4) is 0 Å². The molecule has 4 N–H and O–H groups in total. The maximum absolute atomic E-state index is 12.1. The molecule has 0 fully saturated rings. The van der Waals surface area contributed by atoms with E-state index >= 15 is 0 Å². The van der Waals surface area contributed by atoms with Gasteiger partial charge in [0.15, 0.2) is 5.96 Å². The Balaban J connectivity index is 2.00. The molecule has 0 aliphatic carbocycles. The molecule has 0 radical (unpaired) electrons. The minimum Gasteiger partial charge on any atom is -0.508 e. The van der Waals surface area contributed by atoms with Crippen molar-refractivity contribution in [2.45, 2.75) is 19.9 Å². The monoisotopic (exact) mass is 408 g/mol. The van der Waals surface area contributed by atoms with Crippen LogP contribution in [0.4, 0.5) is 5.69 Å². The third kappa shape index (κ3) is 6.66. The number of carbonyl (C=O) groups is 1. The second-order valence-corrected chi connectivity index (χ2v) is 6.67. The number of rotatable bonds is 6. The summed E-state index contributed by atoms with van der Waals surface area (Å²) in [6, 6.07) is 11.4. The molecule has 8 heteroatoms. The second-order valence-electron chi connectivity index (χ2n) is 5.82. The van der Waals surface area contributed by atoms with Crippen molar-refractivity contribution in [1.82, 2.24) is 10.6 Å². The van der Waals surface area contributed by atoms with Gasteiger partial charge in [0.25, 0.3) is 0 Å². The molecule has 1 atom stereocenters. The van der Waals surface area contributed by atoms with Gasteiger partial charge in [-0.3, -0.25) is 4.79 Å². The number of benzene rings is 2. The van der Waals surface area contributed by atoms with Crippen molar-refractivity contribution in [3.05, 3.63) is 58.1 Å². The summed E-state index contributed by atoms with van der Waals surface area (Å²) in [6.07, 6.45) is 0. The van der Waals surface area contributed by atoms with E-state index in [1.165, 1.54) is 12.1 Å². The van der Waals surface area contributed by atoms with Gasteiger partial charge >= 0.3 is 0 Å². The Morgan fingerprint density at radius 3 is 2.52 bits per heavy atom. The summed E-state index contributed by atoms with van der Waals surface area (Å²) < 4.78 is 0. The Labute approximate surface area is 168 Å². The molecule has 144 valence electrons. The lowest BCUT2D eigenvalue weighted by molar-refractivity contribution is -0.114. The fourth-order valence-electron chi connectivity index (χ4n) is 2.35. The van der Waals surface area contributed by atoms with Crippen molar-refractivity contribution in [1.29, 1.82) is 0 Å². The van der Waals surface area contributed by atoms with E-state index in [0.29, 0.717) is 28.2 Å². The third-order valence-corrected chi connectivity index (χ3v) is 4.22. The van der Waals surface area contributed by atoms with Gasteiger partial charge in [-0.25, -0.2) is 4.99 Å². The highest BCUT2D eigenvalue weighted by molar-refractivity contribution is 6.35. The Morgan fingerprint density at radius 1 is 1.19 bits per heavy atom. The zero-order valence-corrected chi connectivity index (χ0v) is 16.6. The lowest BCUT2D eigenvalue weighted by Gasteiger charge is -2.19.